The third kappa shape index (κ3) is 3.17. The first-order valence-electron chi connectivity index (χ1n) is 8.74. The average molecular weight is 381 g/mol. The van der Waals surface area contributed by atoms with Gasteiger partial charge in [-0.3, -0.25) is 4.40 Å². The van der Waals surface area contributed by atoms with Gasteiger partial charge in [0, 0.05) is 24.5 Å². The molecule has 0 radical (unpaired) electrons. The number of fused-ring (bicyclic) bond motifs is 3. The Labute approximate surface area is 159 Å². The van der Waals surface area contributed by atoms with E-state index in [0.717, 1.165) is 0 Å². The summed E-state index contributed by atoms with van der Waals surface area (Å²) in [5, 5.41) is 8.42. The number of halogens is 2. The summed E-state index contributed by atoms with van der Waals surface area (Å²) in [5.74, 6) is -0.0324. The van der Waals surface area contributed by atoms with Crippen molar-refractivity contribution < 1.29 is 13.6 Å². The molecule has 28 heavy (non-hydrogen) atoms. The lowest BCUT2D eigenvalue weighted by molar-refractivity contribution is -0.116. The van der Waals surface area contributed by atoms with Crippen molar-refractivity contribution in [2.75, 3.05) is 11.9 Å². The van der Waals surface area contributed by atoms with Gasteiger partial charge in [-0.15, -0.1) is 10.2 Å². The maximum Gasteiger partial charge on any atom is 0.257 e. The Morgan fingerprint density at radius 3 is 2.79 bits per heavy atom. The standard InChI is InChI=1S/C20H17F2N5O/c1-12(28)6-7-13-8-18-16(10-17(13)22)19(24-20-25-23-11-27(18)20)26(2)15-5-3-4-14(21)9-15/h3-5,8-11H,6-7H2,1-2H3. The normalized spacial score (nSPS) is 11.3. The molecule has 0 saturated carbocycles. The van der Waals surface area contributed by atoms with Gasteiger partial charge in [-0.2, -0.15) is 4.98 Å². The van der Waals surface area contributed by atoms with Crippen LogP contribution in [-0.2, 0) is 11.2 Å². The van der Waals surface area contributed by atoms with E-state index in [1.807, 2.05) is 0 Å². The zero-order valence-electron chi connectivity index (χ0n) is 15.4. The van der Waals surface area contributed by atoms with E-state index in [2.05, 4.69) is 15.2 Å². The highest BCUT2D eigenvalue weighted by atomic mass is 19.1. The molecule has 0 N–H and O–H groups in total. The number of aryl methyl sites for hydroxylation is 1. The number of Topliss-reactive ketones (excluding diaryl/α,β-unsaturated/α-hetero) is 1. The number of nitrogens with zero attached hydrogens (tertiary/aromatic N) is 5. The molecule has 0 amide bonds. The first kappa shape index (κ1) is 18.0. The molecule has 8 heteroatoms. The first-order chi connectivity index (χ1) is 13.4. The molecule has 0 saturated heterocycles. The summed E-state index contributed by atoms with van der Waals surface area (Å²) in [4.78, 5) is 17.5. The molecule has 4 rings (SSSR count). The van der Waals surface area contributed by atoms with E-state index in [9.17, 15) is 13.6 Å². The van der Waals surface area contributed by atoms with Crippen LogP contribution in [-0.4, -0.2) is 32.4 Å². The fourth-order valence-corrected chi connectivity index (χ4v) is 3.18. The summed E-state index contributed by atoms with van der Waals surface area (Å²) in [6, 6.07) is 9.14. The van der Waals surface area contributed by atoms with Gasteiger partial charge in [0.2, 0.25) is 0 Å². The fraction of sp³-hybridized carbons (Fsp3) is 0.200. The van der Waals surface area contributed by atoms with Gasteiger partial charge in [0.15, 0.2) is 0 Å². The van der Waals surface area contributed by atoms with Gasteiger partial charge in [0.1, 0.15) is 29.6 Å². The maximum absolute atomic E-state index is 14.7. The van der Waals surface area contributed by atoms with Crippen molar-refractivity contribution in [3.8, 4) is 0 Å². The molecule has 0 aliphatic heterocycles. The van der Waals surface area contributed by atoms with Crippen LogP contribution < -0.4 is 4.90 Å². The van der Waals surface area contributed by atoms with Crippen molar-refractivity contribution in [2.24, 2.45) is 0 Å². The van der Waals surface area contributed by atoms with Crippen molar-refractivity contribution in [3.63, 3.8) is 0 Å². The van der Waals surface area contributed by atoms with E-state index in [-0.39, 0.29) is 18.0 Å². The fourth-order valence-electron chi connectivity index (χ4n) is 3.18. The van der Waals surface area contributed by atoms with E-state index in [4.69, 9.17) is 0 Å². The molecule has 0 aliphatic rings. The van der Waals surface area contributed by atoms with Gasteiger partial charge in [-0.05, 0) is 49.2 Å². The van der Waals surface area contributed by atoms with E-state index >= 15 is 0 Å². The molecule has 2 heterocycles. The summed E-state index contributed by atoms with van der Waals surface area (Å²) in [5.41, 5.74) is 1.66. The van der Waals surface area contributed by atoms with Crippen molar-refractivity contribution >= 4 is 34.0 Å². The number of anilines is 2. The van der Waals surface area contributed by atoms with Crippen LogP contribution in [0, 0.1) is 11.6 Å². The summed E-state index contributed by atoms with van der Waals surface area (Å²) in [7, 11) is 1.73. The van der Waals surface area contributed by atoms with Crippen LogP contribution in [0.25, 0.3) is 16.7 Å². The summed E-state index contributed by atoms with van der Waals surface area (Å²) in [6.07, 6.45) is 2.07. The molecular weight excluding hydrogens is 364 g/mol. The van der Waals surface area contributed by atoms with Crippen LogP contribution in [0.2, 0.25) is 0 Å². The minimum absolute atomic E-state index is 0.00445. The van der Waals surface area contributed by atoms with Crippen LogP contribution in [0.4, 0.5) is 20.3 Å². The second-order valence-electron chi connectivity index (χ2n) is 6.64. The van der Waals surface area contributed by atoms with Gasteiger partial charge >= 0.3 is 0 Å². The number of carbonyl (C=O) groups is 1. The number of hydrogen-bond donors (Lipinski definition) is 0. The molecule has 0 unspecified atom stereocenters. The highest BCUT2D eigenvalue weighted by Gasteiger charge is 2.17. The Kier molecular flexibility index (Phi) is 4.46. The summed E-state index contributed by atoms with van der Waals surface area (Å²) >= 11 is 0. The van der Waals surface area contributed by atoms with Crippen molar-refractivity contribution in [2.45, 2.75) is 19.8 Å². The second kappa shape index (κ2) is 6.95. The first-order valence-corrected chi connectivity index (χ1v) is 8.74. The van der Waals surface area contributed by atoms with Crippen LogP contribution in [0.5, 0.6) is 0 Å². The lowest BCUT2D eigenvalue weighted by Gasteiger charge is -2.21. The average Bonchev–Trinajstić information content (AvgIpc) is 3.14. The minimum Gasteiger partial charge on any atom is -0.329 e. The molecule has 4 aromatic rings. The smallest absolute Gasteiger partial charge is 0.257 e. The van der Waals surface area contributed by atoms with Crippen molar-refractivity contribution in [3.05, 3.63) is 59.9 Å². The van der Waals surface area contributed by atoms with Gasteiger partial charge in [0.25, 0.3) is 5.78 Å². The summed E-state index contributed by atoms with van der Waals surface area (Å²) in [6.45, 7) is 1.48. The van der Waals surface area contributed by atoms with Crippen LogP contribution in [0.1, 0.15) is 18.9 Å². The number of aromatic nitrogens is 4. The highest BCUT2D eigenvalue weighted by molar-refractivity contribution is 5.94. The van der Waals surface area contributed by atoms with E-state index < -0.39 is 5.82 Å². The predicted octanol–water partition coefficient (Wildman–Crippen LogP) is 3.85. The van der Waals surface area contributed by atoms with Crippen LogP contribution in [0.15, 0.2) is 42.7 Å². The Morgan fingerprint density at radius 2 is 2.04 bits per heavy atom. The number of carbonyl (C=O) groups excluding carboxylic acids is 1. The van der Waals surface area contributed by atoms with E-state index in [1.165, 1.54) is 31.5 Å². The largest absolute Gasteiger partial charge is 0.329 e. The second-order valence-corrected chi connectivity index (χ2v) is 6.64. The molecular formula is C20H17F2N5O. The van der Waals surface area contributed by atoms with Crippen molar-refractivity contribution in [1.82, 2.24) is 19.6 Å². The topological polar surface area (TPSA) is 63.4 Å². The zero-order chi connectivity index (χ0) is 19.8. The third-order valence-electron chi connectivity index (χ3n) is 4.66. The van der Waals surface area contributed by atoms with Gasteiger partial charge in [0.05, 0.1) is 5.52 Å². The summed E-state index contributed by atoms with van der Waals surface area (Å²) < 4.78 is 30.1. The molecule has 142 valence electrons. The predicted molar refractivity (Wildman–Crippen MR) is 102 cm³/mol. The SMILES string of the molecule is CC(=O)CCc1cc2c(cc1F)c(N(C)c1cccc(F)c1)nc1nncn12. The number of ketones is 1. The highest BCUT2D eigenvalue weighted by Crippen LogP contribution is 2.32. The Bertz CT molecular complexity index is 1200. The Morgan fingerprint density at radius 1 is 1.21 bits per heavy atom. The quantitative estimate of drug-likeness (QED) is 0.526. The maximum atomic E-state index is 14.7. The Balaban J connectivity index is 1.93. The Hall–Kier alpha value is -3.42. The number of benzene rings is 2. The lowest BCUT2D eigenvalue weighted by Crippen LogP contribution is -2.13. The molecule has 0 fully saturated rings. The van der Waals surface area contributed by atoms with Crippen LogP contribution in [0.3, 0.4) is 0 Å². The zero-order valence-corrected chi connectivity index (χ0v) is 15.4. The molecule has 0 atom stereocenters. The third-order valence-corrected chi connectivity index (χ3v) is 4.66. The van der Waals surface area contributed by atoms with Gasteiger partial charge < -0.3 is 9.69 Å². The molecule has 0 spiro atoms. The molecule has 0 bridgehead atoms. The molecule has 0 aliphatic carbocycles. The minimum atomic E-state index is -0.420. The number of rotatable bonds is 5. The lowest BCUT2D eigenvalue weighted by atomic mass is 10.0. The van der Waals surface area contributed by atoms with E-state index in [1.54, 1.807) is 34.5 Å². The van der Waals surface area contributed by atoms with Gasteiger partial charge in [-0.1, -0.05) is 6.07 Å². The number of hydrogen-bond acceptors (Lipinski definition) is 5. The molecule has 6 nitrogen and oxygen atoms in total. The molecule has 2 aromatic carbocycles. The van der Waals surface area contributed by atoms with Crippen LogP contribution >= 0.6 is 0 Å². The van der Waals surface area contributed by atoms with Crippen molar-refractivity contribution in [1.29, 1.82) is 0 Å². The van der Waals surface area contributed by atoms with Gasteiger partial charge in [-0.25, -0.2) is 8.78 Å². The monoisotopic (exact) mass is 381 g/mol. The molecule has 2 aromatic heterocycles. The van der Waals surface area contributed by atoms with E-state index in [0.29, 0.717) is 40.2 Å².